The highest BCUT2D eigenvalue weighted by molar-refractivity contribution is 6.01. The van der Waals surface area contributed by atoms with E-state index in [2.05, 4.69) is 15.6 Å². The fourth-order valence-corrected chi connectivity index (χ4v) is 4.26. The number of benzene rings is 2. The van der Waals surface area contributed by atoms with Crippen LogP contribution in [0, 0.1) is 5.92 Å². The smallest absolute Gasteiger partial charge is 0.326 e. The molecule has 12 heteroatoms. The van der Waals surface area contributed by atoms with Crippen LogP contribution >= 0.6 is 0 Å². The van der Waals surface area contributed by atoms with Crippen LogP contribution < -0.4 is 25.8 Å². The number of amides is 2. The number of hydrogen-bond donors (Lipinski definition) is 4. The molecular weight excluding hydrogens is 530 g/mol. The second-order valence-electron chi connectivity index (χ2n) is 9.73. The lowest BCUT2D eigenvalue weighted by atomic mass is 10.0. The van der Waals surface area contributed by atoms with Crippen LogP contribution in [0.3, 0.4) is 0 Å². The Morgan fingerprint density at radius 1 is 0.927 bits per heavy atom. The molecule has 0 saturated heterocycles. The van der Waals surface area contributed by atoms with Crippen molar-refractivity contribution in [2.75, 3.05) is 14.2 Å². The zero-order chi connectivity index (χ0) is 30.1. The molecule has 5 N–H and O–H groups in total. The van der Waals surface area contributed by atoms with Crippen LogP contribution in [0.15, 0.2) is 61.1 Å². The molecule has 0 radical (unpaired) electrons. The first-order valence-corrected chi connectivity index (χ1v) is 13.0. The summed E-state index contributed by atoms with van der Waals surface area (Å²) in [5, 5.41) is 14.8. The maximum absolute atomic E-state index is 13.4. The minimum absolute atomic E-state index is 0.0762. The van der Waals surface area contributed by atoms with Crippen molar-refractivity contribution in [3.63, 3.8) is 0 Å². The van der Waals surface area contributed by atoms with Crippen LogP contribution in [0.4, 0.5) is 0 Å². The Labute approximate surface area is 237 Å². The summed E-state index contributed by atoms with van der Waals surface area (Å²) in [6.45, 7) is 3.44. The lowest BCUT2D eigenvalue weighted by Crippen LogP contribution is -2.57. The standard InChI is InChI=1S/C29H35N5O7/c1-17(2)25(27(36)32-21(29(38)39)13-18-9-6-5-7-10-18)33-26(35)20(30)14-19-15-31-16-34(19)28(37)24-22(40-3)11-8-12-23(24)41-4/h5-12,15-17,20-21,25H,13-14,30H2,1-4H3,(H,32,36)(H,33,35)(H,38,39)/t20-,21-,25-/m0/s1. The SMILES string of the molecule is COc1cccc(OC)c1C(=O)n1cncc1C[C@H](N)C(=O)N[C@H](C(=O)N[C@@H](Cc1ccccc1)C(=O)O)C(C)C. The Bertz CT molecular complexity index is 1350. The van der Waals surface area contributed by atoms with Crippen molar-refractivity contribution in [2.24, 2.45) is 11.7 Å². The number of aliphatic carboxylic acids is 1. The minimum Gasteiger partial charge on any atom is -0.496 e. The summed E-state index contributed by atoms with van der Waals surface area (Å²) >= 11 is 0. The van der Waals surface area contributed by atoms with Crippen LogP contribution in [0.25, 0.3) is 0 Å². The quantitative estimate of drug-likeness (QED) is 0.239. The molecule has 0 aliphatic heterocycles. The van der Waals surface area contributed by atoms with Gasteiger partial charge in [0.2, 0.25) is 11.8 Å². The number of rotatable bonds is 13. The molecule has 2 aromatic carbocycles. The molecule has 1 aromatic heterocycles. The van der Waals surface area contributed by atoms with Crippen molar-refractivity contribution < 1.29 is 33.8 Å². The van der Waals surface area contributed by atoms with Gasteiger partial charge in [-0.2, -0.15) is 0 Å². The molecule has 0 aliphatic rings. The molecule has 3 rings (SSSR count). The number of imidazole rings is 1. The first-order chi connectivity index (χ1) is 19.6. The van der Waals surface area contributed by atoms with Crippen LogP contribution in [-0.2, 0) is 27.2 Å². The van der Waals surface area contributed by atoms with E-state index in [9.17, 15) is 24.3 Å². The van der Waals surface area contributed by atoms with Gasteiger partial charge in [-0.15, -0.1) is 0 Å². The maximum Gasteiger partial charge on any atom is 0.326 e. The number of carboxylic acids is 1. The van der Waals surface area contributed by atoms with Gasteiger partial charge in [-0.05, 0) is 23.6 Å². The van der Waals surface area contributed by atoms with Crippen molar-refractivity contribution in [1.29, 1.82) is 0 Å². The van der Waals surface area contributed by atoms with Crippen molar-refractivity contribution in [2.45, 2.75) is 44.8 Å². The number of nitrogens with one attached hydrogen (secondary N) is 2. The molecule has 12 nitrogen and oxygen atoms in total. The highest BCUT2D eigenvalue weighted by atomic mass is 16.5. The normalized spacial score (nSPS) is 13.1. The average Bonchev–Trinajstić information content (AvgIpc) is 3.42. The number of carbonyl (C=O) groups is 4. The molecule has 0 bridgehead atoms. The third-order valence-corrected chi connectivity index (χ3v) is 6.49. The van der Waals surface area contributed by atoms with Gasteiger partial charge in [-0.3, -0.25) is 19.0 Å². The summed E-state index contributed by atoms with van der Waals surface area (Å²) < 4.78 is 11.9. The first kappa shape index (κ1) is 30.8. The summed E-state index contributed by atoms with van der Waals surface area (Å²) in [6, 6.07) is 10.4. The monoisotopic (exact) mass is 565 g/mol. The predicted molar refractivity (Wildman–Crippen MR) is 150 cm³/mol. The summed E-state index contributed by atoms with van der Waals surface area (Å²) in [5.41, 5.74) is 7.46. The van der Waals surface area contributed by atoms with Crippen molar-refractivity contribution in [1.82, 2.24) is 20.2 Å². The molecule has 41 heavy (non-hydrogen) atoms. The average molecular weight is 566 g/mol. The number of aromatic nitrogens is 2. The van der Waals surface area contributed by atoms with Gasteiger partial charge >= 0.3 is 5.97 Å². The second kappa shape index (κ2) is 14.1. The molecule has 0 saturated carbocycles. The Hall–Kier alpha value is -4.71. The van der Waals surface area contributed by atoms with Crippen LogP contribution in [-0.4, -0.2) is 70.7 Å². The number of nitrogens with two attached hydrogens (primary N) is 1. The van der Waals surface area contributed by atoms with Crippen molar-refractivity contribution >= 4 is 23.7 Å². The molecule has 0 spiro atoms. The molecule has 218 valence electrons. The molecular formula is C29H35N5O7. The van der Waals surface area contributed by atoms with E-state index < -0.39 is 41.8 Å². The summed E-state index contributed by atoms with van der Waals surface area (Å²) in [7, 11) is 2.87. The number of nitrogens with zero attached hydrogens (tertiary/aromatic N) is 2. The highest BCUT2D eigenvalue weighted by Crippen LogP contribution is 2.29. The van der Waals surface area contributed by atoms with Gasteiger partial charge in [0.05, 0.1) is 20.3 Å². The fraction of sp³-hybridized carbons (Fsp3) is 0.345. The largest absolute Gasteiger partial charge is 0.496 e. The van der Waals surface area contributed by atoms with E-state index in [0.29, 0.717) is 17.2 Å². The zero-order valence-corrected chi connectivity index (χ0v) is 23.4. The van der Waals surface area contributed by atoms with E-state index >= 15 is 0 Å². The molecule has 0 unspecified atom stereocenters. The van der Waals surface area contributed by atoms with Gasteiger partial charge in [-0.1, -0.05) is 50.2 Å². The van der Waals surface area contributed by atoms with Crippen molar-refractivity contribution in [3.05, 3.63) is 77.9 Å². The van der Waals surface area contributed by atoms with Crippen molar-refractivity contribution in [3.8, 4) is 11.5 Å². The van der Waals surface area contributed by atoms with E-state index in [1.165, 1.54) is 31.3 Å². The first-order valence-electron chi connectivity index (χ1n) is 13.0. The highest BCUT2D eigenvalue weighted by Gasteiger charge is 2.31. The fourth-order valence-electron chi connectivity index (χ4n) is 4.26. The Morgan fingerprint density at radius 2 is 1.56 bits per heavy atom. The number of carboxylic acid groups (broad SMARTS) is 1. The van der Waals surface area contributed by atoms with E-state index in [0.717, 1.165) is 5.56 Å². The second-order valence-corrected chi connectivity index (χ2v) is 9.73. The summed E-state index contributed by atoms with van der Waals surface area (Å²) in [6.07, 6.45) is 2.72. The lowest BCUT2D eigenvalue weighted by molar-refractivity contribution is -0.142. The number of carbonyl (C=O) groups excluding carboxylic acids is 3. The summed E-state index contributed by atoms with van der Waals surface area (Å²) in [5.74, 6) is -2.75. The zero-order valence-electron chi connectivity index (χ0n) is 23.4. The van der Waals surface area contributed by atoms with Crippen LogP contribution in [0.5, 0.6) is 11.5 Å². The topological polar surface area (TPSA) is 175 Å². The van der Waals surface area contributed by atoms with Gasteiger partial charge in [0.1, 0.15) is 35.5 Å². The molecule has 0 aliphatic carbocycles. The number of hydrogen-bond acceptors (Lipinski definition) is 8. The van der Waals surface area contributed by atoms with E-state index in [4.69, 9.17) is 15.2 Å². The van der Waals surface area contributed by atoms with Gasteiger partial charge in [0.15, 0.2) is 0 Å². The Balaban J connectivity index is 1.72. The molecule has 3 aromatic rings. The summed E-state index contributed by atoms with van der Waals surface area (Å²) in [4.78, 5) is 55.4. The van der Waals surface area contributed by atoms with Gasteiger partial charge in [0.25, 0.3) is 5.91 Å². The molecule has 0 fully saturated rings. The van der Waals surface area contributed by atoms with Crippen LogP contribution in [0.1, 0.15) is 35.5 Å². The Kier molecular flexibility index (Phi) is 10.6. The number of methoxy groups -OCH3 is 2. The number of ether oxygens (including phenoxy) is 2. The van der Waals surface area contributed by atoms with Gasteiger partial charge in [0, 0.05) is 24.7 Å². The van der Waals surface area contributed by atoms with E-state index in [1.807, 2.05) is 6.07 Å². The van der Waals surface area contributed by atoms with Crippen LogP contribution in [0.2, 0.25) is 0 Å². The molecule has 3 atom stereocenters. The maximum atomic E-state index is 13.4. The third-order valence-electron chi connectivity index (χ3n) is 6.49. The molecule has 2 amide bonds. The van der Waals surface area contributed by atoms with E-state index in [-0.39, 0.29) is 24.3 Å². The Morgan fingerprint density at radius 3 is 2.12 bits per heavy atom. The van der Waals surface area contributed by atoms with Gasteiger partial charge in [-0.25, -0.2) is 9.78 Å². The lowest BCUT2D eigenvalue weighted by Gasteiger charge is -2.25. The third kappa shape index (κ3) is 7.70. The predicted octanol–water partition coefficient (Wildman–Crippen LogP) is 1.41. The van der Waals surface area contributed by atoms with E-state index in [1.54, 1.807) is 56.3 Å². The molecule has 1 heterocycles. The van der Waals surface area contributed by atoms with Gasteiger partial charge < -0.3 is 30.9 Å². The minimum atomic E-state index is -1.20.